The molecule has 1 rings (SSSR count). The number of quaternary nitrogens is 1. The van der Waals surface area contributed by atoms with Crippen molar-refractivity contribution >= 4 is 14.6 Å². The molecule has 226 valence electrons. The maximum absolute atomic E-state index is 11.5. The molecule has 0 bridgehead atoms. The summed E-state index contributed by atoms with van der Waals surface area (Å²) >= 11 is 0. The Hall–Kier alpha value is -1.24. The van der Waals surface area contributed by atoms with Gasteiger partial charge in [-0.2, -0.15) is 0 Å². The zero-order chi connectivity index (χ0) is 28.8. The van der Waals surface area contributed by atoms with E-state index in [1.807, 2.05) is 12.1 Å². The van der Waals surface area contributed by atoms with Crippen molar-refractivity contribution in [3.05, 3.63) is 29.8 Å². The van der Waals surface area contributed by atoms with Gasteiger partial charge >= 0.3 is 14.6 Å². The highest BCUT2D eigenvalue weighted by Gasteiger charge is 2.18. The number of rotatable bonds is 25. The topological polar surface area (TPSA) is 74.2 Å². The van der Waals surface area contributed by atoms with Crippen molar-refractivity contribution in [1.82, 2.24) is 0 Å². The Bertz CT molecular complexity index is 742. The van der Waals surface area contributed by atoms with Crippen molar-refractivity contribution in [1.29, 1.82) is 0 Å². The van der Waals surface area contributed by atoms with Gasteiger partial charge in [-0.15, -0.1) is 0 Å². The number of nitrogens with zero attached hydrogens (tertiary/aromatic N) is 1. The monoisotopic (exact) mass is 570 g/mol. The van der Waals surface area contributed by atoms with E-state index in [4.69, 9.17) is 18.5 Å². The second-order valence-corrected chi connectivity index (χ2v) is 12.6. The standard InChI is InChI=1S/C31H57NO6P/c1-6-7-8-9-10-11-12-13-14-15-16-17-20-29-21-18-22-30(25-29)35-26-31(38-28(2)33)27-37-39(34)36-24-19-23-32(3,4)5/h18,21-22,25,31,34H,6-17,19-20,23-24,26-27H2,1-5H3/q+1. The molecule has 8 heteroatoms. The molecule has 0 aromatic heterocycles. The quantitative estimate of drug-likeness (QED) is 0.0565. The van der Waals surface area contributed by atoms with E-state index in [2.05, 4.69) is 40.2 Å². The summed E-state index contributed by atoms with van der Waals surface area (Å²) < 4.78 is 22.9. The van der Waals surface area contributed by atoms with Crippen LogP contribution in [0.5, 0.6) is 5.75 Å². The van der Waals surface area contributed by atoms with Gasteiger partial charge in [-0.05, 0) is 30.5 Å². The van der Waals surface area contributed by atoms with Crippen LogP contribution in [0.4, 0.5) is 0 Å². The molecule has 2 atom stereocenters. The molecule has 7 nitrogen and oxygen atoms in total. The minimum Gasteiger partial charge on any atom is -0.490 e. The lowest BCUT2D eigenvalue weighted by Crippen LogP contribution is -2.35. The first-order chi connectivity index (χ1) is 18.7. The van der Waals surface area contributed by atoms with Crippen LogP contribution >= 0.6 is 8.60 Å². The third-order valence-electron chi connectivity index (χ3n) is 6.53. The van der Waals surface area contributed by atoms with Gasteiger partial charge in [0.2, 0.25) is 0 Å². The van der Waals surface area contributed by atoms with Crippen molar-refractivity contribution in [2.45, 2.75) is 110 Å². The van der Waals surface area contributed by atoms with Crippen molar-refractivity contribution in [2.75, 3.05) is 47.5 Å². The van der Waals surface area contributed by atoms with E-state index in [0.29, 0.717) is 6.61 Å². The number of benzene rings is 1. The summed E-state index contributed by atoms with van der Waals surface area (Å²) in [6.45, 7) is 5.13. The van der Waals surface area contributed by atoms with Crippen LogP contribution in [0.25, 0.3) is 0 Å². The second-order valence-electron chi connectivity index (χ2n) is 11.6. The molecule has 0 spiro atoms. The first-order valence-corrected chi connectivity index (χ1v) is 16.3. The first-order valence-electron chi connectivity index (χ1n) is 15.1. The van der Waals surface area contributed by atoms with Crippen LogP contribution in [-0.4, -0.2) is 69.0 Å². The highest BCUT2D eigenvalue weighted by atomic mass is 31.2. The van der Waals surface area contributed by atoms with Crippen molar-refractivity contribution in [3.8, 4) is 5.75 Å². The van der Waals surface area contributed by atoms with Crippen LogP contribution in [0.2, 0.25) is 0 Å². The van der Waals surface area contributed by atoms with Crippen LogP contribution in [0.1, 0.15) is 103 Å². The second kappa shape index (κ2) is 22.4. The minimum atomic E-state index is -2.03. The summed E-state index contributed by atoms with van der Waals surface area (Å²) in [5.74, 6) is 0.325. The molecule has 0 aliphatic rings. The van der Waals surface area contributed by atoms with Crippen molar-refractivity contribution < 1.29 is 32.7 Å². The SMILES string of the molecule is CCCCCCCCCCCCCCc1cccc(OCC(COP(O)OCCC[N+](C)(C)C)OC(C)=O)c1. The summed E-state index contributed by atoms with van der Waals surface area (Å²) in [6, 6.07) is 8.10. The van der Waals surface area contributed by atoms with E-state index >= 15 is 0 Å². The van der Waals surface area contributed by atoms with Gasteiger partial charge in [-0.1, -0.05) is 89.7 Å². The fraction of sp³-hybridized carbons (Fsp3) is 0.774. The van der Waals surface area contributed by atoms with Crippen LogP contribution in [0, 0.1) is 0 Å². The zero-order valence-electron chi connectivity index (χ0n) is 25.5. The molecule has 0 saturated heterocycles. The lowest BCUT2D eigenvalue weighted by molar-refractivity contribution is -0.870. The summed E-state index contributed by atoms with van der Waals surface area (Å²) in [4.78, 5) is 21.6. The molecule has 1 N–H and O–H groups in total. The lowest BCUT2D eigenvalue weighted by atomic mass is 10.0. The Labute approximate surface area is 240 Å². The highest BCUT2D eigenvalue weighted by Crippen LogP contribution is 2.33. The molecule has 1 aromatic rings. The van der Waals surface area contributed by atoms with Gasteiger partial charge in [0.25, 0.3) is 0 Å². The molecule has 0 radical (unpaired) electrons. The lowest BCUT2D eigenvalue weighted by Gasteiger charge is -2.24. The van der Waals surface area contributed by atoms with E-state index in [1.54, 1.807) is 0 Å². The van der Waals surface area contributed by atoms with E-state index in [-0.39, 0.29) is 13.2 Å². The number of carbonyl (C=O) groups excluding carboxylic acids is 1. The summed E-state index contributed by atoms with van der Waals surface area (Å²) in [5.41, 5.74) is 1.25. The Kier molecular flexibility index (Phi) is 20.6. The third kappa shape index (κ3) is 22.2. The largest absolute Gasteiger partial charge is 0.490 e. The normalized spacial score (nSPS) is 13.3. The average molecular weight is 571 g/mol. The van der Waals surface area contributed by atoms with Crippen molar-refractivity contribution in [2.24, 2.45) is 0 Å². The molecule has 1 aromatic carbocycles. The summed E-state index contributed by atoms with van der Waals surface area (Å²) in [7, 11) is 4.30. The number of ether oxygens (including phenoxy) is 2. The molecule has 0 aliphatic carbocycles. The molecular weight excluding hydrogens is 513 g/mol. The van der Waals surface area contributed by atoms with Gasteiger partial charge in [-0.3, -0.25) is 4.79 Å². The molecule has 0 saturated carbocycles. The Balaban J connectivity index is 2.26. The Morgan fingerprint density at radius 3 is 2.08 bits per heavy atom. The number of unbranched alkanes of at least 4 members (excludes halogenated alkanes) is 11. The minimum absolute atomic E-state index is 0.00959. The van der Waals surface area contributed by atoms with Gasteiger partial charge in [0.15, 0.2) is 6.10 Å². The van der Waals surface area contributed by atoms with Gasteiger partial charge in [0.05, 0.1) is 40.9 Å². The fourth-order valence-electron chi connectivity index (χ4n) is 4.37. The van der Waals surface area contributed by atoms with Crippen LogP contribution < -0.4 is 4.74 Å². The fourth-order valence-corrected chi connectivity index (χ4v) is 5.02. The van der Waals surface area contributed by atoms with E-state index in [1.165, 1.54) is 89.5 Å². The van der Waals surface area contributed by atoms with Crippen LogP contribution in [0.15, 0.2) is 24.3 Å². The molecular formula is C31H57NO6P+. The number of hydrogen-bond acceptors (Lipinski definition) is 6. The average Bonchev–Trinajstić information content (AvgIpc) is 2.88. The van der Waals surface area contributed by atoms with E-state index < -0.39 is 20.7 Å². The molecule has 0 heterocycles. The molecule has 0 fully saturated rings. The molecule has 39 heavy (non-hydrogen) atoms. The van der Waals surface area contributed by atoms with Gasteiger partial charge in [-0.25, -0.2) is 0 Å². The number of hydrogen-bond donors (Lipinski definition) is 1. The Morgan fingerprint density at radius 1 is 0.872 bits per heavy atom. The summed E-state index contributed by atoms with van der Waals surface area (Å²) in [6.07, 6.45) is 17.4. The molecule has 0 aliphatic heterocycles. The molecule has 2 unspecified atom stereocenters. The maximum atomic E-state index is 11.5. The Morgan fingerprint density at radius 2 is 1.49 bits per heavy atom. The maximum Gasteiger partial charge on any atom is 0.329 e. The predicted octanol–water partition coefficient (Wildman–Crippen LogP) is 7.59. The number of aryl methyl sites for hydroxylation is 1. The number of esters is 1. The number of carbonyl (C=O) groups is 1. The smallest absolute Gasteiger partial charge is 0.329 e. The van der Waals surface area contributed by atoms with Crippen LogP contribution in [-0.2, 0) is 25.0 Å². The highest BCUT2D eigenvalue weighted by molar-refractivity contribution is 7.40. The van der Waals surface area contributed by atoms with Crippen LogP contribution in [0.3, 0.4) is 0 Å². The summed E-state index contributed by atoms with van der Waals surface area (Å²) in [5, 5.41) is 0. The van der Waals surface area contributed by atoms with E-state index in [9.17, 15) is 9.69 Å². The third-order valence-corrected chi connectivity index (χ3v) is 7.31. The van der Waals surface area contributed by atoms with E-state index in [0.717, 1.165) is 29.6 Å². The predicted molar refractivity (Wildman–Crippen MR) is 161 cm³/mol. The van der Waals surface area contributed by atoms with Gasteiger partial charge < -0.3 is 27.9 Å². The van der Waals surface area contributed by atoms with Gasteiger partial charge in [0, 0.05) is 13.3 Å². The first kappa shape index (κ1) is 35.8. The van der Waals surface area contributed by atoms with Crippen molar-refractivity contribution in [3.63, 3.8) is 0 Å². The van der Waals surface area contributed by atoms with Gasteiger partial charge in [0.1, 0.15) is 12.4 Å². The molecule has 0 amide bonds. The zero-order valence-corrected chi connectivity index (χ0v) is 26.4.